The van der Waals surface area contributed by atoms with Gasteiger partial charge in [0.15, 0.2) is 5.11 Å². The van der Waals surface area contributed by atoms with E-state index in [2.05, 4.69) is 15.4 Å². The molecule has 0 saturated heterocycles. The first-order valence-electron chi connectivity index (χ1n) is 5.44. The summed E-state index contributed by atoms with van der Waals surface area (Å²) >= 11 is 4.94. The summed E-state index contributed by atoms with van der Waals surface area (Å²) < 4.78 is 14.8. The lowest BCUT2D eigenvalue weighted by molar-refractivity contribution is 0.176. The summed E-state index contributed by atoms with van der Waals surface area (Å²) in [6.45, 7) is 0.413. The lowest BCUT2D eigenvalue weighted by atomic mass is 10.2. The minimum atomic E-state index is -0.612. The Labute approximate surface area is 117 Å². The third-order valence-electron chi connectivity index (χ3n) is 2.33. The highest BCUT2D eigenvalue weighted by Crippen LogP contribution is 2.24. The van der Waals surface area contributed by atoms with Gasteiger partial charge in [-0.05, 0) is 24.4 Å². The molecule has 0 fully saturated rings. The van der Waals surface area contributed by atoms with Crippen LogP contribution in [0.2, 0.25) is 0 Å². The average Bonchev–Trinajstić information content (AvgIpc) is 2.44. The second-order valence-electron chi connectivity index (χ2n) is 3.48. The Morgan fingerprint density at radius 2 is 2.00 bits per heavy atom. The van der Waals surface area contributed by atoms with Crippen molar-refractivity contribution in [2.45, 2.75) is 6.54 Å². The number of nitrogens with one attached hydrogen (secondary N) is 2. The van der Waals surface area contributed by atoms with Crippen molar-refractivity contribution < 1.29 is 19.0 Å². The summed E-state index contributed by atoms with van der Waals surface area (Å²) in [7, 11) is 4.43. The van der Waals surface area contributed by atoms with Crippen LogP contribution in [0.15, 0.2) is 18.2 Å². The number of thiocarbonyl (C=S) groups is 1. The molecular weight excluding hydrogens is 268 g/mol. The van der Waals surface area contributed by atoms with Crippen LogP contribution in [-0.2, 0) is 11.3 Å². The second-order valence-corrected chi connectivity index (χ2v) is 3.89. The number of hydrogen-bond acceptors (Lipinski definition) is 5. The molecule has 2 N–H and O–H groups in total. The zero-order valence-electron chi connectivity index (χ0n) is 11.0. The molecule has 0 aromatic heterocycles. The van der Waals surface area contributed by atoms with E-state index in [1.54, 1.807) is 20.3 Å². The molecule has 0 saturated carbocycles. The molecule has 0 bridgehead atoms. The number of hydrogen-bond donors (Lipinski definition) is 2. The van der Waals surface area contributed by atoms with Gasteiger partial charge in [-0.15, -0.1) is 0 Å². The van der Waals surface area contributed by atoms with Crippen molar-refractivity contribution >= 4 is 23.4 Å². The summed E-state index contributed by atoms with van der Waals surface area (Å²) in [6, 6.07) is 5.44. The Hall–Kier alpha value is -2.02. The van der Waals surface area contributed by atoms with Gasteiger partial charge in [-0.2, -0.15) is 0 Å². The van der Waals surface area contributed by atoms with Crippen molar-refractivity contribution in [1.29, 1.82) is 0 Å². The van der Waals surface area contributed by atoms with E-state index < -0.39 is 6.09 Å². The van der Waals surface area contributed by atoms with Gasteiger partial charge in [-0.3, -0.25) is 5.32 Å². The first kappa shape index (κ1) is 15.0. The quantitative estimate of drug-likeness (QED) is 0.815. The number of alkyl carbamates (subject to hydrolysis) is 1. The van der Waals surface area contributed by atoms with Gasteiger partial charge in [0, 0.05) is 18.2 Å². The largest absolute Gasteiger partial charge is 0.497 e. The van der Waals surface area contributed by atoms with E-state index in [0.717, 1.165) is 5.56 Å². The van der Waals surface area contributed by atoms with Crippen molar-refractivity contribution in [2.75, 3.05) is 21.3 Å². The van der Waals surface area contributed by atoms with Crippen LogP contribution in [0.5, 0.6) is 11.5 Å². The number of carbonyl (C=O) groups excluding carboxylic acids is 1. The van der Waals surface area contributed by atoms with Gasteiger partial charge < -0.3 is 19.5 Å². The first-order valence-corrected chi connectivity index (χ1v) is 5.85. The third-order valence-corrected chi connectivity index (χ3v) is 2.58. The number of amides is 1. The smallest absolute Gasteiger partial charge is 0.413 e. The molecule has 1 rings (SSSR count). The van der Waals surface area contributed by atoms with Crippen LogP contribution in [0.25, 0.3) is 0 Å². The number of ether oxygens (including phenoxy) is 3. The predicted molar refractivity (Wildman–Crippen MR) is 74.5 cm³/mol. The summed E-state index contributed by atoms with van der Waals surface area (Å²) in [4.78, 5) is 10.9. The molecule has 0 aliphatic heterocycles. The fourth-order valence-corrected chi connectivity index (χ4v) is 1.52. The van der Waals surface area contributed by atoms with Gasteiger partial charge in [-0.1, -0.05) is 0 Å². The molecule has 1 aromatic carbocycles. The molecule has 1 amide bonds. The van der Waals surface area contributed by atoms with Crippen molar-refractivity contribution in [3.63, 3.8) is 0 Å². The molecule has 0 radical (unpaired) electrons. The number of benzene rings is 1. The first-order chi connectivity index (χ1) is 9.10. The maximum Gasteiger partial charge on any atom is 0.413 e. The van der Waals surface area contributed by atoms with Gasteiger partial charge in [0.05, 0.1) is 21.3 Å². The number of rotatable bonds is 4. The van der Waals surface area contributed by atoms with E-state index >= 15 is 0 Å². The summed E-state index contributed by atoms with van der Waals surface area (Å²) in [5, 5.41) is 5.41. The fraction of sp³-hybridized carbons (Fsp3) is 0.333. The van der Waals surface area contributed by atoms with Gasteiger partial charge in [-0.25, -0.2) is 4.79 Å². The predicted octanol–water partition coefficient (Wildman–Crippen LogP) is 1.43. The van der Waals surface area contributed by atoms with E-state index in [9.17, 15) is 4.79 Å². The Morgan fingerprint density at radius 1 is 1.26 bits per heavy atom. The molecular formula is C12H16N2O4S. The second kappa shape index (κ2) is 7.42. The SMILES string of the molecule is COC(=O)NC(=S)NCc1ccc(OC)cc1OC. The molecule has 0 atom stereocenters. The molecule has 104 valence electrons. The molecule has 0 unspecified atom stereocenters. The average molecular weight is 284 g/mol. The number of methoxy groups -OCH3 is 3. The molecule has 0 aliphatic carbocycles. The fourth-order valence-electron chi connectivity index (χ4n) is 1.36. The Morgan fingerprint density at radius 3 is 2.58 bits per heavy atom. The molecule has 7 heteroatoms. The summed E-state index contributed by atoms with van der Waals surface area (Å²) in [5.74, 6) is 1.38. The zero-order chi connectivity index (χ0) is 14.3. The van der Waals surface area contributed by atoms with Crippen LogP contribution in [0.3, 0.4) is 0 Å². The molecule has 19 heavy (non-hydrogen) atoms. The van der Waals surface area contributed by atoms with Crippen LogP contribution in [0.4, 0.5) is 4.79 Å². The van der Waals surface area contributed by atoms with E-state index in [1.165, 1.54) is 7.11 Å². The van der Waals surface area contributed by atoms with Gasteiger partial charge >= 0.3 is 6.09 Å². The lowest BCUT2D eigenvalue weighted by Crippen LogP contribution is -2.38. The molecule has 0 aliphatic rings. The van der Waals surface area contributed by atoms with Crippen molar-refractivity contribution in [3.8, 4) is 11.5 Å². The minimum absolute atomic E-state index is 0.185. The van der Waals surface area contributed by atoms with E-state index in [4.69, 9.17) is 21.7 Å². The van der Waals surface area contributed by atoms with Crippen LogP contribution in [0, 0.1) is 0 Å². The Bertz CT molecular complexity index is 465. The maximum atomic E-state index is 10.9. The molecule has 0 heterocycles. The standard InChI is InChI=1S/C12H16N2O4S/c1-16-9-5-4-8(10(6-9)17-2)7-13-11(19)14-12(15)18-3/h4-6H,7H2,1-3H3,(H2,13,14,15,19). The van der Waals surface area contributed by atoms with Crippen molar-refractivity contribution in [3.05, 3.63) is 23.8 Å². The van der Waals surface area contributed by atoms with Crippen LogP contribution in [-0.4, -0.2) is 32.5 Å². The van der Waals surface area contributed by atoms with E-state index in [-0.39, 0.29) is 5.11 Å². The third kappa shape index (κ3) is 4.63. The number of carbonyl (C=O) groups is 1. The highest BCUT2D eigenvalue weighted by molar-refractivity contribution is 7.80. The topological polar surface area (TPSA) is 68.8 Å². The Kier molecular flexibility index (Phi) is 5.87. The van der Waals surface area contributed by atoms with Crippen molar-refractivity contribution in [2.24, 2.45) is 0 Å². The van der Waals surface area contributed by atoms with Crippen LogP contribution < -0.4 is 20.1 Å². The monoisotopic (exact) mass is 284 g/mol. The van der Waals surface area contributed by atoms with E-state index in [0.29, 0.717) is 18.0 Å². The molecule has 1 aromatic rings. The maximum absolute atomic E-state index is 10.9. The minimum Gasteiger partial charge on any atom is -0.497 e. The van der Waals surface area contributed by atoms with Crippen LogP contribution >= 0.6 is 12.2 Å². The van der Waals surface area contributed by atoms with Gasteiger partial charge in [0.2, 0.25) is 0 Å². The molecule has 6 nitrogen and oxygen atoms in total. The Balaban J connectivity index is 2.62. The van der Waals surface area contributed by atoms with Gasteiger partial charge in [0.25, 0.3) is 0 Å². The highest BCUT2D eigenvalue weighted by atomic mass is 32.1. The molecule has 0 spiro atoms. The zero-order valence-corrected chi connectivity index (χ0v) is 11.8. The normalized spacial score (nSPS) is 9.42. The van der Waals surface area contributed by atoms with Crippen molar-refractivity contribution in [1.82, 2.24) is 10.6 Å². The van der Waals surface area contributed by atoms with Crippen LogP contribution in [0.1, 0.15) is 5.56 Å². The summed E-state index contributed by atoms with van der Waals surface area (Å²) in [6.07, 6.45) is -0.612. The van der Waals surface area contributed by atoms with Gasteiger partial charge in [0.1, 0.15) is 11.5 Å². The lowest BCUT2D eigenvalue weighted by Gasteiger charge is -2.12. The highest BCUT2D eigenvalue weighted by Gasteiger charge is 2.07. The summed E-state index contributed by atoms with van der Waals surface area (Å²) in [5.41, 5.74) is 0.886. The van der Waals surface area contributed by atoms with E-state index in [1.807, 2.05) is 12.1 Å².